The molecule has 0 aliphatic carbocycles. The molecule has 1 aliphatic heterocycles. The average Bonchev–Trinajstić information content (AvgIpc) is 2.38. The zero-order chi connectivity index (χ0) is 14.1. The molecule has 19 heavy (non-hydrogen) atoms. The van der Waals surface area contributed by atoms with Gasteiger partial charge in [0.25, 0.3) is 0 Å². The first-order valence-corrected chi connectivity index (χ1v) is 6.76. The van der Waals surface area contributed by atoms with Crippen molar-refractivity contribution in [3.05, 3.63) is 0 Å². The molecule has 0 aromatic heterocycles. The highest BCUT2D eigenvalue weighted by Gasteiger charge is 2.27. The largest absolute Gasteiger partial charge is 0.384 e. The molecule has 0 radical (unpaired) electrons. The van der Waals surface area contributed by atoms with Crippen molar-refractivity contribution < 1.29 is 19.0 Å². The third-order valence-electron chi connectivity index (χ3n) is 3.04. The summed E-state index contributed by atoms with van der Waals surface area (Å²) in [7, 11) is 5.61. The lowest BCUT2D eigenvalue weighted by Crippen LogP contribution is -2.51. The molecule has 6 heteroatoms. The number of amides is 1. The minimum Gasteiger partial charge on any atom is -0.384 e. The van der Waals surface area contributed by atoms with Crippen molar-refractivity contribution in [1.29, 1.82) is 0 Å². The molecule has 0 bridgehead atoms. The van der Waals surface area contributed by atoms with Gasteiger partial charge in [-0.05, 0) is 20.5 Å². The van der Waals surface area contributed by atoms with Crippen molar-refractivity contribution in [1.82, 2.24) is 10.2 Å². The van der Waals surface area contributed by atoms with Gasteiger partial charge in [-0.25, -0.2) is 0 Å². The summed E-state index contributed by atoms with van der Waals surface area (Å²) in [6.45, 7) is 3.19. The van der Waals surface area contributed by atoms with Crippen LogP contribution in [0.1, 0.15) is 12.8 Å². The van der Waals surface area contributed by atoms with Crippen LogP contribution >= 0.6 is 0 Å². The van der Waals surface area contributed by atoms with Crippen LogP contribution in [-0.2, 0) is 19.0 Å². The lowest BCUT2D eigenvalue weighted by molar-refractivity contribution is -0.127. The molecular formula is C13H26N2O4. The molecule has 0 saturated carbocycles. The second kappa shape index (κ2) is 9.25. The van der Waals surface area contributed by atoms with Gasteiger partial charge in [-0.3, -0.25) is 4.79 Å². The Morgan fingerprint density at radius 1 is 1.42 bits per heavy atom. The van der Waals surface area contributed by atoms with Gasteiger partial charge in [-0.1, -0.05) is 0 Å². The molecule has 1 N–H and O–H groups in total. The van der Waals surface area contributed by atoms with Crippen molar-refractivity contribution in [3.63, 3.8) is 0 Å². The van der Waals surface area contributed by atoms with Crippen LogP contribution in [0, 0.1) is 0 Å². The Morgan fingerprint density at radius 3 is 2.89 bits per heavy atom. The van der Waals surface area contributed by atoms with E-state index in [9.17, 15) is 4.79 Å². The van der Waals surface area contributed by atoms with Crippen LogP contribution in [0.15, 0.2) is 0 Å². The van der Waals surface area contributed by atoms with E-state index in [1.807, 2.05) is 14.1 Å². The monoisotopic (exact) mass is 274 g/mol. The first-order valence-electron chi connectivity index (χ1n) is 6.76. The van der Waals surface area contributed by atoms with E-state index >= 15 is 0 Å². The van der Waals surface area contributed by atoms with Crippen LogP contribution in [0.2, 0.25) is 0 Å². The van der Waals surface area contributed by atoms with Crippen LogP contribution in [0.25, 0.3) is 0 Å². The summed E-state index contributed by atoms with van der Waals surface area (Å²) in [5.41, 5.74) is 0. The number of methoxy groups -OCH3 is 1. The number of hydrogen-bond donors (Lipinski definition) is 1. The molecule has 2 atom stereocenters. The van der Waals surface area contributed by atoms with E-state index in [2.05, 4.69) is 10.2 Å². The average molecular weight is 274 g/mol. The normalized spacial score (nSPS) is 23.6. The number of likely N-dealkylation sites (N-methyl/N-ethyl adjacent to an activating group) is 1. The number of hydrogen-bond acceptors (Lipinski definition) is 5. The zero-order valence-electron chi connectivity index (χ0n) is 12.2. The second-order valence-corrected chi connectivity index (χ2v) is 4.99. The summed E-state index contributed by atoms with van der Waals surface area (Å²) in [5.74, 6) is -0.0152. The van der Waals surface area contributed by atoms with E-state index in [1.54, 1.807) is 7.11 Å². The topological polar surface area (TPSA) is 60.0 Å². The molecular weight excluding hydrogens is 248 g/mol. The van der Waals surface area contributed by atoms with Crippen molar-refractivity contribution in [2.75, 3.05) is 54.2 Å². The number of ether oxygens (including phenoxy) is 3. The summed E-state index contributed by atoms with van der Waals surface area (Å²) in [6.07, 6.45) is 1.24. The van der Waals surface area contributed by atoms with Crippen molar-refractivity contribution >= 4 is 5.91 Å². The minimum atomic E-state index is -0.0553. The Kier molecular flexibility index (Phi) is 7.97. The molecule has 6 nitrogen and oxygen atoms in total. The zero-order valence-corrected chi connectivity index (χ0v) is 12.2. The van der Waals surface area contributed by atoms with E-state index < -0.39 is 0 Å². The summed E-state index contributed by atoms with van der Waals surface area (Å²) >= 11 is 0. The molecule has 0 unspecified atom stereocenters. The van der Waals surface area contributed by atoms with Crippen LogP contribution in [0.5, 0.6) is 0 Å². The predicted molar refractivity (Wildman–Crippen MR) is 72.2 cm³/mol. The molecule has 112 valence electrons. The van der Waals surface area contributed by atoms with E-state index in [0.717, 1.165) is 13.0 Å². The highest BCUT2D eigenvalue weighted by molar-refractivity contribution is 5.76. The van der Waals surface area contributed by atoms with Crippen molar-refractivity contribution in [2.24, 2.45) is 0 Å². The smallest absolute Gasteiger partial charge is 0.222 e. The Balaban J connectivity index is 2.32. The third-order valence-corrected chi connectivity index (χ3v) is 3.04. The fourth-order valence-electron chi connectivity index (χ4n) is 1.91. The van der Waals surface area contributed by atoms with E-state index in [0.29, 0.717) is 32.8 Å². The van der Waals surface area contributed by atoms with Gasteiger partial charge in [-0.2, -0.15) is 0 Å². The standard InChI is InChI=1S/C13H26N2O4/c1-15(2)6-9-19-12-4-8-18-10-11(12)14-13(16)5-7-17-3/h11-12H,4-10H2,1-3H3,(H,14,16)/t11-,12+/m1/s1. The van der Waals surface area contributed by atoms with Gasteiger partial charge in [0, 0.05) is 26.7 Å². The summed E-state index contributed by atoms with van der Waals surface area (Å²) < 4.78 is 16.1. The fourth-order valence-corrected chi connectivity index (χ4v) is 1.91. The number of rotatable bonds is 8. The molecule has 1 heterocycles. The first-order chi connectivity index (χ1) is 9.13. The number of nitrogens with one attached hydrogen (secondary N) is 1. The molecule has 1 rings (SSSR count). The summed E-state index contributed by atoms with van der Waals surface area (Å²) in [4.78, 5) is 13.8. The van der Waals surface area contributed by atoms with Crippen LogP contribution in [0.3, 0.4) is 0 Å². The Morgan fingerprint density at radius 2 is 2.21 bits per heavy atom. The van der Waals surface area contributed by atoms with Gasteiger partial charge in [0.1, 0.15) is 0 Å². The number of carbonyl (C=O) groups excluding carboxylic acids is 1. The Labute approximate surface area is 115 Å². The van der Waals surface area contributed by atoms with Gasteiger partial charge in [-0.15, -0.1) is 0 Å². The van der Waals surface area contributed by atoms with Gasteiger partial charge in [0.05, 0.1) is 32.0 Å². The lowest BCUT2D eigenvalue weighted by atomic mass is 10.1. The van der Waals surface area contributed by atoms with Crippen LogP contribution < -0.4 is 5.32 Å². The molecule has 1 saturated heterocycles. The SMILES string of the molecule is COCCC(=O)N[C@@H]1COCC[C@@H]1OCCN(C)C. The molecule has 1 amide bonds. The Bertz CT molecular complexity index is 261. The summed E-state index contributed by atoms with van der Waals surface area (Å²) in [5, 5.41) is 2.96. The Hall–Kier alpha value is -0.690. The van der Waals surface area contributed by atoms with Gasteiger partial charge >= 0.3 is 0 Å². The quantitative estimate of drug-likeness (QED) is 0.668. The van der Waals surface area contributed by atoms with Crippen molar-refractivity contribution in [3.8, 4) is 0 Å². The summed E-state index contributed by atoms with van der Waals surface area (Å²) in [6, 6.07) is -0.0553. The maximum Gasteiger partial charge on any atom is 0.222 e. The molecule has 0 spiro atoms. The van der Waals surface area contributed by atoms with Gasteiger partial charge in [0.2, 0.25) is 5.91 Å². The predicted octanol–water partition coefficient (Wildman–Crippen LogP) is -0.125. The number of nitrogens with zero attached hydrogens (tertiary/aromatic N) is 1. The highest BCUT2D eigenvalue weighted by Crippen LogP contribution is 2.12. The molecule has 1 fully saturated rings. The highest BCUT2D eigenvalue weighted by atomic mass is 16.5. The first kappa shape index (κ1) is 16.4. The second-order valence-electron chi connectivity index (χ2n) is 4.99. The van der Waals surface area contributed by atoms with Crippen molar-refractivity contribution in [2.45, 2.75) is 25.0 Å². The fraction of sp³-hybridized carbons (Fsp3) is 0.923. The molecule has 0 aromatic rings. The van der Waals surface area contributed by atoms with Gasteiger partial charge < -0.3 is 24.4 Å². The maximum absolute atomic E-state index is 11.7. The lowest BCUT2D eigenvalue weighted by Gasteiger charge is -2.32. The number of carbonyl (C=O) groups is 1. The molecule has 1 aliphatic rings. The van der Waals surface area contributed by atoms with E-state index in [-0.39, 0.29) is 18.1 Å². The van der Waals surface area contributed by atoms with E-state index in [4.69, 9.17) is 14.2 Å². The maximum atomic E-state index is 11.7. The molecule has 0 aromatic carbocycles. The van der Waals surface area contributed by atoms with E-state index in [1.165, 1.54) is 0 Å². The third kappa shape index (κ3) is 6.87. The van der Waals surface area contributed by atoms with Gasteiger partial charge in [0.15, 0.2) is 0 Å². The van der Waals surface area contributed by atoms with Crippen LogP contribution in [0.4, 0.5) is 0 Å². The minimum absolute atomic E-state index is 0.0152. The van der Waals surface area contributed by atoms with Crippen LogP contribution in [-0.4, -0.2) is 77.1 Å².